The van der Waals surface area contributed by atoms with Gasteiger partial charge in [0, 0.05) is 30.4 Å². The first-order valence-corrected chi connectivity index (χ1v) is 8.88. The second-order valence-corrected chi connectivity index (χ2v) is 6.35. The van der Waals surface area contributed by atoms with Crippen LogP contribution in [0.4, 0.5) is 14.9 Å². The number of amides is 3. The van der Waals surface area contributed by atoms with Crippen LogP contribution in [0.1, 0.15) is 27.0 Å². The molecule has 1 aliphatic rings. The maximum atomic E-state index is 13.8. The molecule has 0 bridgehead atoms. The Morgan fingerprint density at radius 3 is 2.86 bits per heavy atom. The number of urea groups is 1. The SMILES string of the molecule is CNC(=O)c1cccc(NC(=O)NCCc2cc(F)cc3c2OCOC3)c1C. The van der Waals surface area contributed by atoms with Gasteiger partial charge in [-0.2, -0.15) is 0 Å². The lowest BCUT2D eigenvalue weighted by atomic mass is 10.1. The molecule has 0 fully saturated rings. The summed E-state index contributed by atoms with van der Waals surface area (Å²) in [5, 5.41) is 8.04. The zero-order chi connectivity index (χ0) is 20.1. The van der Waals surface area contributed by atoms with Crippen LogP contribution >= 0.6 is 0 Å². The second-order valence-electron chi connectivity index (χ2n) is 6.35. The highest BCUT2D eigenvalue weighted by molar-refractivity contribution is 5.98. The van der Waals surface area contributed by atoms with Gasteiger partial charge < -0.3 is 25.4 Å². The van der Waals surface area contributed by atoms with Crippen LogP contribution in [0.15, 0.2) is 30.3 Å². The molecule has 0 saturated heterocycles. The average Bonchev–Trinajstić information content (AvgIpc) is 2.69. The minimum atomic E-state index is -0.410. The fourth-order valence-electron chi connectivity index (χ4n) is 3.07. The zero-order valence-electron chi connectivity index (χ0n) is 15.7. The molecule has 8 heteroatoms. The maximum Gasteiger partial charge on any atom is 0.319 e. The van der Waals surface area contributed by atoms with Gasteiger partial charge in [-0.1, -0.05) is 6.07 Å². The summed E-state index contributed by atoms with van der Waals surface area (Å²) in [6.45, 7) is 2.48. The van der Waals surface area contributed by atoms with Crippen LogP contribution in [0.5, 0.6) is 5.75 Å². The topological polar surface area (TPSA) is 88.7 Å². The molecule has 3 rings (SSSR count). The monoisotopic (exact) mass is 387 g/mol. The van der Waals surface area contributed by atoms with Crippen molar-refractivity contribution in [3.8, 4) is 5.75 Å². The van der Waals surface area contributed by atoms with Gasteiger partial charge in [0.1, 0.15) is 11.6 Å². The predicted octanol–water partition coefficient (Wildman–Crippen LogP) is 2.72. The highest BCUT2D eigenvalue weighted by Crippen LogP contribution is 2.29. The van der Waals surface area contributed by atoms with Gasteiger partial charge in [-0.05, 0) is 48.7 Å². The number of carbonyl (C=O) groups excluding carboxylic acids is 2. The average molecular weight is 387 g/mol. The molecule has 3 N–H and O–H groups in total. The van der Waals surface area contributed by atoms with Crippen LogP contribution in [-0.4, -0.2) is 32.3 Å². The smallest absolute Gasteiger partial charge is 0.319 e. The molecule has 1 heterocycles. The molecule has 1 aliphatic heterocycles. The van der Waals surface area contributed by atoms with Crippen molar-refractivity contribution in [1.82, 2.24) is 10.6 Å². The van der Waals surface area contributed by atoms with Crippen LogP contribution in [0.2, 0.25) is 0 Å². The fraction of sp³-hybridized carbons (Fsp3) is 0.300. The minimum Gasteiger partial charge on any atom is -0.467 e. The molecule has 0 radical (unpaired) electrons. The Kier molecular flexibility index (Phi) is 6.10. The van der Waals surface area contributed by atoms with Crippen molar-refractivity contribution in [2.75, 3.05) is 25.7 Å². The van der Waals surface area contributed by atoms with Gasteiger partial charge in [-0.15, -0.1) is 0 Å². The van der Waals surface area contributed by atoms with Crippen molar-refractivity contribution in [3.05, 3.63) is 58.4 Å². The number of hydrogen-bond donors (Lipinski definition) is 3. The second kappa shape index (κ2) is 8.71. The van der Waals surface area contributed by atoms with Crippen LogP contribution < -0.4 is 20.7 Å². The number of rotatable bonds is 5. The van der Waals surface area contributed by atoms with E-state index in [2.05, 4.69) is 16.0 Å². The van der Waals surface area contributed by atoms with Crippen LogP contribution in [0.3, 0.4) is 0 Å². The molecule has 0 unspecified atom stereocenters. The molecular weight excluding hydrogens is 365 g/mol. The van der Waals surface area contributed by atoms with E-state index in [0.29, 0.717) is 53.3 Å². The van der Waals surface area contributed by atoms with E-state index in [9.17, 15) is 14.0 Å². The van der Waals surface area contributed by atoms with Crippen LogP contribution in [0.25, 0.3) is 0 Å². The molecule has 0 aromatic heterocycles. The summed E-state index contributed by atoms with van der Waals surface area (Å²) in [6.07, 6.45) is 0.408. The normalized spacial score (nSPS) is 12.5. The van der Waals surface area contributed by atoms with Gasteiger partial charge in [0.15, 0.2) is 6.79 Å². The summed E-state index contributed by atoms with van der Waals surface area (Å²) < 4.78 is 24.4. The van der Waals surface area contributed by atoms with Gasteiger partial charge >= 0.3 is 6.03 Å². The highest BCUT2D eigenvalue weighted by atomic mass is 19.1. The molecule has 0 saturated carbocycles. The van der Waals surface area contributed by atoms with E-state index in [1.165, 1.54) is 12.1 Å². The molecular formula is C20H22FN3O4. The predicted molar refractivity (Wildman–Crippen MR) is 102 cm³/mol. The van der Waals surface area contributed by atoms with Gasteiger partial charge in [-0.25, -0.2) is 9.18 Å². The quantitative estimate of drug-likeness (QED) is 0.736. The number of ether oxygens (including phenoxy) is 2. The summed E-state index contributed by atoms with van der Waals surface area (Å²) in [5.41, 5.74) is 3.04. The number of carbonyl (C=O) groups is 2. The Morgan fingerprint density at radius 1 is 1.25 bits per heavy atom. The number of halogens is 1. The first-order chi connectivity index (χ1) is 13.5. The molecule has 0 aliphatic carbocycles. The Balaban J connectivity index is 1.60. The van der Waals surface area contributed by atoms with E-state index < -0.39 is 6.03 Å². The molecule has 28 heavy (non-hydrogen) atoms. The molecule has 148 valence electrons. The molecule has 7 nitrogen and oxygen atoms in total. The Hall–Kier alpha value is -3.13. The first-order valence-electron chi connectivity index (χ1n) is 8.88. The van der Waals surface area contributed by atoms with E-state index in [-0.39, 0.29) is 18.5 Å². The van der Waals surface area contributed by atoms with Crippen LogP contribution in [-0.2, 0) is 17.8 Å². The number of benzene rings is 2. The van der Waals surface area contributed by atoms with E-state index >= 15 is 0 Å². The number of fused-ring (bicyclic) bond motifs is 1. The van der Waals surface area contributed by atoms with Crippen molar-refractivity contribution >= 4 is 17.6 Å². The summed E-state index contributed by atoms with van der Waals surface area (Å²) >= 11 is 0. The van der Waals surface area contributed by atoms with Gasteiger partial charge in [0.2, 0.25) is 0 Å². The fourth-order valence-corrected chi connectivity index (χ4v) is 3.07. The van der Waals surface area contributed by atoms with E-state index in [4.69, 9.17) is 9.47 Å². The third-order valence-electron chi connectivity index (χ3n) is 4.49. The summed E-state index contributed by atoms with van der Waals surface area (Å²) in [7, 11) is 1.55. The van der Waals surface area contributed by atoms with Crippen molar-refractivity contribution in [2.45, 2.75) is 20.0 Å². The van der Waals surface area contributed by atoms with Gasteiger partial charge in [-0.3, -0.25) is 4.79 Å². The zero-order valence-corrected chi connectivity index (χ0v) is 15.7. The first kappa shape index (κ1) is 19.6. The highest BCUT2D eigenvalue weighted by Gasteiger charge is 2.17. The van der Waals surface area contributed by atoms with Crippen molar-refractivity contribution in [2.24, 2.45) is 0 Å². The Morgan fingerprint density at radius 2 is 2.07 bits per heavy atom. The van der Waals surface area contributed by atoms with Crippen molar-refractivity contribution < 1.29 is 23.5 Å². The lowest BCUT2D eigenvalue weighted by Crippen LogP contribution is -2.31. The summed E-state index contributed by atoms with van der Waals surface area (Å²) in [6, 6.07) is 7.49. The van der Waals surface area contributed by atoms with Gasteiger partial charge in [0.25, 0.3) is 5.91 Å². The molecule has 0 spiro atoms. The minimum absolute atomic E-state index is 0.125. The molecule has 3 amide bonds. The Bertz CT molecular complexity index is 901. The van der Waals surface area contributed by atoms with E-state index in [1.807, 2.05) is 0 Å². The van der Waals surface area contributed by atoms with Crippen molar-refractivity contribution in [3.63, 3.8) is 0 Å². The van der Waals surface area contributed by atoms with E-state index in [1.54, 1.807) is 32.2 Å². The number of hydrogen-bond acceptors (Lipinski definition) is 4. The molecule has 2 aromatic rings. The number of nitrogens with one attached hydrogen (secondary N) is 3. The van der Waals surface area contributed by atoms with Crippen molar-refractivity contribution in [1.29, 1.82) is 0 Å². The standard InChI is InChI=1S/C20H22FN3O4/c1-12-16(19(25)22-2)4-3-5-17(12)24-20(26)23-7-6-13-8-15(21)9-14-10-27-11-28-18(13)14/h3-5,8-9H,6-7,10-11H2,1-2H3,(H,22,25)(H2,23,24,26). The lowest BCUT2D eigenvalue weighted by Gasteiger charge is -2.21. The van der Waals surface area contributed by atoms with Gasteiger partial charge in [0.05, 0.1) is 6.61 Å². The molecule has 2 aromatic carbocycles. The lowest BCUT2D eigenvalue weighted by molar-refractivity contribution is -0.0172. The third kappa shape index (κ3) is 4.40. The summed E-state index contributed by atoms with van der Waals surface area (Å²) in [5.74, 6) is 0.0272. The molecule has 0 atom stereocenters. The summed E-state index contributed by atoms with van der Waals surface area (Å²) in [4.78, 5) is 24.1. The number of anilines is 1. The van der Waals surface area contributed by atoms with Crippen LogP contribution in [0, 0.1) is 12.7 Å². The maximum absolute atomic E-state index is 13.8. The largest absolute Gasteiger partial charge is 0.467 e. The third-order valence-corrected chi connectivity index (χ3v) is 4.49. The van der Waals surface area contributed by atoms with E-state index in [0.717, 1.165) is 0 Å². The Labute approximate surface area is 162 Å².